The molecule has 2 unspecified atom stereocenters. The first-order valence-electron chi connectivity index (χ1n) is 6.71. The van der Waals surface area contributed by atoms with Crippen LogP contribution in [0.1, 0.15) is 41.5 Å². The van der Waals surface area contributed by atoms with Crippen molar-refractivity contribution in [3.05, 3.63) is 11.6 Å². The van der Waals surface area contributed by atoms with E-state index in [1.165, 1.54) is 6.08 Å². The molecule has 2 atom stereocenters. The van der Waals surface area contributed by atoms with Crippen molar-refractivity contribution in [2.24, 2.45) is 27.0 Å². The van der Waals surface area contributed by atoms with E-state index in [4.69, 9.17) is 0 Å². The molecular formula is C15H22N2O2. The summed E-state index contributed by atoms with van der Waals surface area (Å²) in [6.07, 6.45) is 1.52. The van der Waals surface area contributed by atoms with Crippen LogP contribution >= 0.6 is 0 Å². The van der Waals surface area contributed by atoms with E-state index in [9.17, 15) is 9.59 Å². The lowest BCUT2D eigenvalue weighted by Gasteiger charge is -2.44. The third-order valence-electron chi connectivity index (χ3n) is 4.17. The highest BCUT2D eigenvalue weighted by atomic mass is 16.1. The summed E-state index contributed by atoms with van der Waals surface area (Å²) in [4.78, 5) is 25.4. The van der Waals surface area contributed by atoms with Gasteiger partial charge in [0.2, 0.25) is 0 Å². The predicted molar refractivity (Wildman–Crippen MR) is 73.0 cm³/mol. The molecule has 0 radical (unpaired) electrons. The maximum atomic E-state index is 13.0. The van der Waals surface area contributed by atoms with Crippen LogP contribution < -0.4 is 0 Å². The van der Waals surface area contributed by atoms with Crippen LogP contribution in [0.3, 0.4) is 0 Å². The van der Waals surface area contributed by atoms with Gasteiger partial charge in [-0.3, -0.25) is 9.59 Å². The molecule has 0 spiro atoms. The van der Waals surface area contributed by atoms with Gasteiger partial charge in [0.15, 0.2) is 17.1 Å². The van der Waals surface area contributed by atoms with Crippen LogP contribution in [-0.4, -0.2) is 23.7 Å². The Morgan fingerprint density at radius 3 is 2.21 bits per heavy atom. The van der Waals surface area contributed by atoms with E-state index in [0.717, 1.165) is 0 Å². The van der Waals surface area contributed by atoms with Gasteiger partial charge in [0.1, 0.15) is 0 Å². The van der Waals surface area contributed by atoms with Crippen molar-refractivity contribution in [3.8, 4) is 0 Å². The normalized spacial score (nSPS) is 31.5. The number of carbonyl (C=O) groups excluding carboxylic acids is 2. The fourth-order valence-electron chi connectivity index (χ4n) is 3.02. The molecule has 0 aromatic heterocycles. The molecular weight excluding hydrogens is 240 g/mol. The number of fused-ring (bicyclic) bond motifs is 1. The fraction of sp³-hybridized carbons (Fsp3) is 0.733. The monoisotopic (exact) mass is 262 g/mol. The summed E-state index contributed by atoms with van der Waals surface area (Å²) in [5.41, 5.74) is -1.21. The number of azo groups is 1. The van der Waals surface area contributed by atoms with Crippen molar-refractivity contribution in [1.29, 1.82) is 0 Å². The summed E-state index contributed by atoms with van der Waals surface area (Å²) < 4.78 is 0. The number of carbonyl (C=O) groups is 2. The molecule has 2 aliphatic rings. The molecule has 4 nitrogen and oxygen atoms in total. The number of ketones is 2. The zero-order chi connectivity index (χ0) is 14.6. The van der Waals surface area contributed by atoms with Gasteiger partial charge in [0.25, 0.3) is 0 Å². The topological polar surface area (TPSA) is 58.9 Å². The van der Waals surface area contributed by atoms with Crippen molar-refractivity contribution < 1.29 is 9.59 Å². The summed E-state index contributed by atoms with van der Waals surface area (Å²) in [6, 6.07) is 0. The molecule has 19 heavy (non-hydrogen) atoms. The van der Waals surface area contributed by atoms with E-state index in [1.807, 2.05) is 41.5 Å². The lowest BCUT2D eigenvalue weighted by atomic mass is 9.57. The Labute approximate surface area is 114 Å². The smallest absolute Gasteiger partial charge is 0.190 e. The van der Waals surface area contributed by atoms with Gasteiger partial charge >= 0.3 is 0 Å². The average molecular weight is 262 g/mol. The van der Waals surface area contributed by atoms with Gasteiger partial charge in [-0.25, -0.2) is 0 Å². The van der Waals surface area contributed by atoms with Crippen molar-refractivity contribution in [3.63, 3.8) is 0 Å². The summed E-state index contributed by atoms with van der Waals surface area (Å²) in [7, 11) is 0. The van der Waals surface area contributed by atoms with Crippen molar-refractivity contribution in [1.82, 2.24) is 0 Å². The lowest BCUT2D eigenvalue weighted by molar-refractivity contribution is -0.135. The maximum Gasteiger partial charge on any atom is 0.190 e. The van der Waals surface area contributed by atoms with Crippen LogP contribution in [0, 0.1) is 16.7 Å². The van der Waals surface area contributed by atoms with E-state index >= 15 is 0 Å². The Hall–Kier alpha value is -1.32. The van der Waals surface area contributed by atoms with Gasteiger partial charge in [0.05, 0.1) is 12.5 Å². The van der Waals surface area contributed by atoms with Crippen LogP contribution in [0.4, 0.5) is 0 Å². The van der Waals surface area contributed by atoms with Crippen LogP contribution in [0.25, 0.3) is 0 Å². The Balaban J connectivity index is 2.66. The van der Waals surface area contributed by atoms with Gasteiger partial charge in [-0.15, -0.1) is 0 Å². The summed E-state index contributed by atoms with van der Waals surface area (Å²) >= 11 is 0. The van der Waals surface area contributed by atoms with Gasteiger partial charge < -0.3 is 0 Å². The number of Topliss-reactive ketones (excluding diaryl/α,β-unsaturated/α-hetero) is 1. The van der Waals surface area contributed by atoms with Gasteiger partial charge in [-0.2, -0.15) is 10.2 Å². The second kappa shape index (κ2) is 3.84. The van der Waals surface area contributed by atoms with Crippen LogP contribution in [0.2, 0.25) is 0 Å². The molecule has 2 rings (SSSR count). The van der Waals surface area contributed by atoms with E-state index in [2.05, 4.69) is 10.2 Å². The first-order valence-corrected chi connectivity index (χ1v) is 6.71. The second-order valence-corrected chi connectivity index (χ2v) is 7.53. The molecule has 0 fully saturated rings. The summed E-state index contributed by atoms with van der Waals surface area (Å²) in [5, 5.41) is 8.30. The minimum Gasteiger partial charge on any atom is -0.294 e. The molecule has 0 saturated heterocycles. The minimum atomic E-state index is -1.01. The molecule has 0 aromatic carbocycles. The zero-order valence-electron chi connectivity index (χ0n) is 12.6. The Morgan fingerprint density at radius 2 is 1.74 bits per heavy atom. The third kappa shape index (κ3) is 1.80. The largest absolute Gasteiger partial charge is 0.294 e. The quantitative estimate of drug-likeness (QED) is 0.673. The predicted octanol–water partition coefficient (Wildman–Crippen LogP) is 2.98. The molecule has 0 saturated carbocycles. The zero-order valence-corrected chi connectivity index (χ0v) is 12.6. The van der Waals surface area contributed by atoms with E-state index in [-0.39, 0.29) is 17.0 Å². The molecule has 1 heterocycles. The summed E-state index contributed by atoms with van der Waals surface area (Å²) in [5.74, 6) is -0.464. The first kappa shape index (κ1) is 14.1. The number of hydrogen-bond donors (Lipinski definition) is 0. The van der Waals surface area contributed by atoms with Crippen molar-refractivity contribution in [2.45, 2.75) is 47.1 Å². The van der Waals surface area contributed by atoms with E-state index in [0.29, 0.717) is 12.1 Å². The van der Waals surface area contributed by atoms with E-state index < -0.39 is 16.9 Å². The number of hydrogen-bond acceptors (Lipinski definition) is 4. The third-order valence-corrected chi connectivity index (χ3v) is 4.17. The maximum absolute atomic E-state index is 13.0. The Morgan fingerprint density at radius 1 is 1.16 bits per heavy atom. The van der Waals surface area contributed by atoms with Gasteiger partial charge in [-0.05, 0) is 16.9 Å². The number of rotatable bonds is 0. The standard InChI is InChI=1S/C15H22N2O2/c1-13(2,3)9-7-11(18)10-8-16-17-15(10,12(9)19)14(4,5)6/h7,10H,8H2,1-6H3. The van der Waals surface area contributed by atoms with Crippen molar-refractivity contribution >= 4 is 11.6 Å². The molecule has 0 aromatic rings. The molecule has 4 heteroatoms. The molecule has 0 amide bonds. The molecule has 1 aliphatic carbocycles. The van der Waals surface area contributed by atoms with Crippen LogP contribution in [0.5, 0.6) is 0 Å². The van der Waals surface area contributed by atoms with Crippen molar-refractivity contribution in [2.75, 3.05) is 6.54 Å². The average Bonchev–Trinajstić information content (AvgIpc) is 2.67. The highest BCUT2D eigenvalue weighted by Crippen LogP contribution is 2.50. The number of nitrogens with zero attached hydrogens (tertiary/aromatic N) is 2. The fourth-order valence-corrected chi connectivity index (χ4v) is 3.02. The second-order valence-electron chi connectivity index (χ2n) is 7.53. The van der Waals surface area contributed by atoms with Gasteiger partial charge in [-0.1, -0.05) is 41.5 Å². The molecule has 104 valence electrons. The highest BCUT2D eigenvalue weighted by molar-refractivity contribution is 6.16. The first-order chi connectivity index (χ1) is 8.52. The van der Waals surface area contributed by atoms with Gasteiger partial charge in [0, 0.05) is 5.57 Å². The Kier molecular flexibility index (Phi) is 2.85. The minimum absolute atomic E-state index is 0.00977. The molecule has 1 aliphatic heterocycles. The lowest BCUT2D eigenvalue weighted by Crippen LogP contribution is -2.58. The molecule has 0 N–H and O–H groups in total. The highest BCUT2D eigenvalue weighted by Gasteiger charge is 2.62. The molecule has 0 bridgehead atoms. The SMILES string of the molecule is CC(C)(C)C1=CC(=O)C2CN=NC2(C(C)(C)C)C1=O. The van der Waals surface area contributed by atoms with E-state index in [1.54, 1.807) is 0 Å². The van der Waals surface area contributed by atoms with Crippen LogP contribution in [-0.2, 0) is 9.59 Å². The Bertz CT molecular complexity index is 503. The summed E-state index contributed by atoms with van der Waals surface area (Å²) in [6.45, 7) is 12.1. The number of allylic oxidation sites excluding steroid dienone is 1. The van der Waals surface area contributed by atoms with Crippen LogP contribution in [0.15, 0.2) is 21.9 Å².